The molecule has 2 amide bonds. The zero-order chi connectivity index (χ0) is 19.3. The standard InChI is InChI=1S/C20H22N4O3S/c1-2-3-11-26-15-8-6-14(7-9-15)21-20(25)22-16-10-12-28-17(16)19-23-18(24-27-19)13-4-5-13/h6-10,12-13H,2-5,11H2,1H3,(H2,21,22,25). The molecule has 2 aromatic heterocycles. The average Bonchev–Trinajstić information content (AvgIpc) is 3.25. The second-order valence-electron chi connectivity index (χ2n) is 6.70. The molecule has 0 saturated heterocycles. The van der Waals surface area contributed by atoms with Crippen LogP contribution in [0.25, 0.3) is 10.8 Å². The molecule has 7 nitrogen and oxygen atoms in total. The van der Waals surface area contributed by atoms with Crippen LogP contribution >= 0.6 is 11.3 Å². The van der Waals surface area contributed by atoms with Gasteiger partial charge in [0.2, 0.25) is 0 Å². The fraction of sp³-hybridized carbons (Fsp3) is 0.350. The zero-order valence-corrected chi connectivity index (χ0v) is 16.4. The molecule has 3 aromatic rings. The van der Waals surface area contributed by atoms with E-state index in [0.29, 0.717) is 29.8 Å². The van der Waals surface area contributed by atoms with Crippen LogP contribution in [0.5, 0.6) is 5.75 Å². The molecule has 2 heterocycles. The van der Waals surface area contributed by atoms with Crippen LogP contribution in [-0.4, -0.2) is 22.8 Å². The van der Waals surface area contributed by atoms with Gasteiger partial charge in [-0.15, -0.1) is 11.3 Å². The first-order chi connectivity index (χ1) is 13.7. The third-order valence-electron chi connectivity index (χ3n) is 4.37. The van der Waals surface area contributed by atoms with Gasteiger partial charge in [-0.3, -0.25) is 0 Å². The van der Waals surface area contributed by atoms with E-state index < -0.39 is 0 Å². The molecule has 146 valence electrons. The lowest BCUT2D eigenvalue weighted by molar-refractivity contribution is 0.262. The minimum atomic E-state index is -0.332. The van der Waals surface area contributed by atoms with Crippen molar-refractivity contribution in [2.75, 3.05) is 17.2 Å². The summed E-state index contributed by atoms with van der Waals surface area (Å²) in [5.41, 5.74) is 1.33. The Morgan fingerprint density at radius 2 is 2.07 bits per heavy atom. The van der Waals surface area contributed by atoms with E-state index in [4.69, 9.17) is 9.26 Å². The average molecular weight is 398 g/mol. The number of nitrogens with zero attached hydrogens (tertiary/aromatic N) is 2. The molecule has 8 heteroatoms. The summed E-state index contributed by atoms with van der Waals surface area (Å²) in [5, 5.41) is 11.6. The molecular formula is C20H22N4O3S. The van der Waals surface area contributed by atoms with E-state index in [2.05, 4.69) is 27.7 Å². The molecule has 1 aliphatic rings. The van der Waals surface area contributed by atoms with Crippen molar-refractivity contribution in [2.24, 2.45) is 0 Å². The topological polar surface area (TPSA) is 89.3 Å². The van der Waals surface area contributed by atoms with Gasteiger partial charge in [-0.05, 0) is 55.0 Å². The minimum Gasteiger partial charge on any atom is -0.494 e. The molecule has 1 saturated carbocycles. The number of rotatable bonds is 8. The highest BCUT2D eigenvalue weighted by atomic mass is 32.1. The van der Waals surface area contributed by atoms with Crippen LogP contribution in [0.4, 0.5) is 16.2 Å². The van der Waals surface area contributed by atoms with Crippen molar-refractivity contribution in [1.82, 2.24) is 10.1 Å². The Hall–Kier alpha value is -2.87. The second kappa shape index (κ2) is 8.43. The number of amides is 2. The molecule has 28 heavy (non-hydrogen) atoms. The highest BCUT2D eigenvalue weighted by Crippen LogP contribution is 2.40. The van der Waals surface area contributed by atoms with E-state index in [1.54, 1.807) is 0 Å². The number of carbonyl (C=O) groups excluding carboxylic acids is 1. The zero-order valence-electron chi connectivity index (χ0n) is 15.6. The summed E-state index contributed by atoms with van der Waals surface area (Å²) in [4.78, 5) is 17.6. The summed E-state index contributed by atoms with van der Waals surface area (Å²) in [6.07, 6.45) is 4.34. The smallest absolute Gasteiger partial charge is 0.323 e. The fourth-order valence-corrected chi connectivity index (χ4v) is 3.43. The first-order valence-electron chi connectivity index (χ1n) is 9.45. The predicted octanol–water partition coefficient (Wildman–Crippen LogP) is 5.50. The van der Waals surface area contributed by atoms with E-state index in [0.717, 1.165) is 42.1 Å². The van der Waals surface area contributed by atoms with E-state index in [9.17, 15) is 4.79 Å². The fourth-order valence-electron chi connectivity index (χ4n) is 2.66. The maximum absolute atomic E-state index is 12.4. The molecule has 1 aliphatic carbocycles. The SMILES string of the molecule is CCCCOc1ccc(NC(=O)Nc2ccsc2-c2nc(C3CC3)no2)cc1. The summed E-state index contributed by atoms with van der Waals surface area (Å²) in [7, 11) is 0. The first-order valence-corrected chi connectivity index (χ1v) is 10.3. The molecule has 1 aromatic carbocycles. The Bertz CT molecular complexity index is 931. The summed E-state index contributed by atoms with van der Waals surface area (Å²) in [6, 6.07) is 8.81. The molecule has 0 bridgehead atoms. The summed E-state index contributed by atoms with van der Waals surface area (Å²) in [5.74, 6) is 2.41. The second-order valence-corrected chi connectivity index (χ2v) is 7.62. The number of hydrogen-bond donors (Lipinski definition) is 2. The largest absolute Gasteiger partial charge is 0.494 e. The minimum absolute atomic E-state index is 0.332. The van der Waals surface area contributed by atoms with Crippen LogP contribution in [0.1, 0.15) is 44.3 Å². The number of urea groups is 1. The number of ether oxygens (including phenoxy) is 1. The van der Waals surface area contributed by atoms with Crippen molar-refractivity contribution >= 4 is 28.7 Å². The Morgan fingerprint density at radius 1 is 1.25 bits per heavy atom. The number of hydrogen-bond acceptors (Lipinski definition) is 6. The lowest BCUT2D eigenvalue weighted by Crippen LogP contribution is -2.19. The Morgan fingerprint density at radius 3 is 2.82 bits per heavy atom. The lowest BCUT2D eigenvalue weighted by Gasteiger charge is -2.09. The van der Waals surface area contributed by atoms with Gasteiger partial charge in [-0.1, -0.05) is 18.5 Å². The summed E-state index contributed by atoms with van der Waals surface area (Å²) in [6.45, 7) is 2.82. The van der Waals surface area contributed by atoms with Gasteiger partial charge in [0.1, 0.15) is 10.6 Å². The van der Waals surface area contributed by atoms with Crippen molar-refractivity contribution in [2.45, 2.75) is 38.5 Å². The number of anilines is 2. The Kier molecular flexibility index (Phi) is 5.57. The molecule has 2 N–H and O–H groups in total. The van der Waals surface area contributed by atoms with Gasteiger partial charge < -0.3 is 19.9 Å². The Labute approximate surface area is 167 Å². The van der Waals surface area contributed by atoms with E-state index in [-0.39, 0.29) is 6.03 Å². The first kappa shape index (κ1) is 18.5. The summed E-state index contributed by atoms with van der Waals surface area (Å²) < 4.78 is 11.0. The highest BCUT2D eigenvalue weighted by Gasteiger charge is 2.29. The van der Waals surface area contributed by atoms with Gasteiger partial charge >= 0.3 is 6.03 Å². The van der Waals surface area contributed by atoms with Gasteiger partial charge in [0.25, 0.3) is 5.89 Å². The third kappa shape index (κ3) is 4.51. The van der Waals surface area contributed by atoms with E-state index in [1.807, 2.05) is 35.7 Å². The molecule has 1 fully saturated rings. The van der Waals surface area contributed by atoms with Gasteiger partial charge in [0.05, 0.1) is 12.3 Å². The number of thiophene rings is 1. The van der Waals surface area contributed by atoms with Crippen LogP contribution in [0.3, 0.4) is 0 Å². The van der Waals surface area contributed by atoms with Crippen LogP contribution in [-0.2, 0) is 0 Å². The van der Waals surface area contributed by atoms with Crippen LogP contribution in [0, 0.1) is 0 Å². The third-order valence-corrected chi connectivity index (χ3v) is 5.27. The number of aromatic nitrogens is 2. The van der Waals surface area contributed by atoms with Crippen molar-refractivity contribution in [3.63, 3.8) is 0 Å². The van der Waals surface area contributed by atoms with Gasteiger partial charge in [-0.2, -0.15) is 4.98 Å². The van der Waals surface area contributed by atoms with E-state index >= 15 is 0 Å². The number of unbranched alkanes of at least 4 members (excludes halogenated alkanes) is 1. The van der Waals surface area contributed by atoms with Crippen molar-refractivity contribution in [3.05, 3.63) is 41.5 Å². The normalized spacial score (nSPS) is 13.3. The van der Waals surface area contributed by atoms with Crippen LogP contribution < -0.4 is 15.4 Å². The van der Waals surface area contributed by atoms with Crippen molar-refractivity contribution in [1.29, 1.82) is 0 Å². The van der Waals surface area contributed by atoms with Crippen LogP contribution in [0.15, 0.2) is 40.2 Å². The molecule has 0 spiro atoms. The van der Waals surface area contributed by atoms with Gasteiger partial charge in [0.15, 0.2) is 5.82 Å². The van der Waals surface area contributed by atoms with Gasteiger partial charge in [-0.25, -0.2) is 4.79 Å². The number of benzene rings is 1. The van der Waals surface area contributed by atoms with Crippen molar-refractivity contribution in [3.8, 4) is 16.5 Å². The molecule has 4 rings (SSSR count). The molecule has 0 radical (unpaired) electrons. The Balaban J connectivity index is 1.35. The maximum Gasteiger partial charge on any atom is 0.323 e. The molecular weight excluding hydrogens is 376 g/mol. The lowest BCUT2D eigenvalue weighted by atomic mass is 10.3. The van der Waals surface area contributed by atoms with Crippen LogP contribution in [0.2, 0.25) is 0 Å². The van der Waals surface area contributed by atoms with Crippen molar-refractivity contribution < 1.29 is 14.1 Å². The quantitative estimate of drug-likeness (QED) is 0.489. The van der Waals surface area contributed by atoms with Gasteiger partial charge in [0, 0.05) is 11.6 Å². The molecule has 0 atom stereocenters. The summed E-state index contributed by atoms with van der Waals surface area (Å²) >= 11 is 1.45. The van der Waals surface area contributed by atoms with E-state index in [1.165, 1.54) is 11.3 Å². The number of carbonyl (C=O) groups is 1. The number of nitrogens with one attached hydrogen (secondary N) is 2. The molecule has 0 aliphatic heterocycles. The monoisotopic (exact) mass is 398 g/mol. The maximum atomic E-state index is 12.4. The highest BCUT2D eigenvalue weighted by molar-refractivity contribution is 7.14. The predicted molar refractivity (Wildman–Crippen MR) is 109 cm³/mol. The molecule has 0 unspecified atom stereocenters.